The highest BCUT2D eigenvalue weighted by Gasteiger charge is 2.08. The van der Waals surface area contributed by atoms with Crippen LogP contribution in [-0.4, -0.2) is 5.91 Å². The maximum absolute atomic E-state index is 11.3. The van der Waals surface area contributed by atoms with Crippen LogP contribution in [0.25, 0.3) is 0 Å². The van der Waals surface area contributed by atoms with Gasteiger partial charge in [-0.3, -0.25) is 4.79 Å². The van der Waals surface area contributed by atoms with Gasteiger partial charge in [0.25, 0.3) is 5.91 Å². The lowest BCUT2D eigenvalue weighted by Crippen LogP contribution is -2.13. The molecular weight excluding hydrogens is 212 g/mol. The van der Waals surface area contributed by atoms with Gasteiger partial charge in [-0.15, -0.1) is 0 Å². The van der Waals surface area contributed by atoms with E-state index in [-0.39, 0.29) is 0 Å². The molecule has 3 N–H and O–H groups in total. The number of amides is 1. The maximum Gasteiger partial charge on any atom is 0.250 e. The second-order valence-electron chi connectivity index (χ2n) is 3.90. The monoisotopic (exact) mass is 226 g/mol. The van der Waals surface area contributed by atoms with E-state index in [2.05, 4.69) is 5.32 Å². The second kappa shape index (κ2) is 4.70. The third-order valence-corrected chi connectivity index (χ3v) is 2.49. The largest absolute Gasteiger partial charge is 0.366 e. The van der Waals surface area contributed by atoms with Crippen molar-refractivity contribution in [3.8, 4) is 0 Å². The molecule has 0 bridgehead atoms. The molecule has 0 fully saturated rings. The van der Waals surface area contributed by atoms with Gasteiger partial charge >= 0.3 is 0 Å². The van der Waals surface area contributed by atoms with E-state index >= 15 is 0 Å². The summed E-state index contributed by atoms with van der Waals surface area (Å²) >= 11 is 0. The molecule has 0 radical (unpaired) electrons. The minimum atomic E-state index is -0.424. The molecular formula is C14H14N2O. The van der Waals surface area contributed by atoms with Crippen LogP contribution < -0.4 is 11.1 Å². The van der Waals surface area contributed by atoms with Crippen molar-refractivity contribution in [1.29, 1.82) is 0 Å². The van der Waals surface area contributed by atoms with Crippen LogP contribution in [0.4, 0.5) is 11.4 Å². The number of hydrogen-bond acceptors (Lipinski definition) is 2. The third-order valence-electron chi connectivity index (χ3n) is 2.49. The lowest BCUT2D eigenvalue weighted by atomic mass is 10.1. The van der Waals surface area contributed by atoms with Gasteiger partial charge < -0.3 is 11.1 Å². The summed E-state index contributed by atoms with van der Waals surface area (Å²) in [6, 6.07) is 15.3. The molecule has 0 spiro atoms. The molecule has 0 aliphatic carbocycles. The number of para-hydroxylation sites is 1. The molecule has 0 aliphatic rings. The fraction of sp³-hybridized carbons (Fsp3) is 0.0714. The molecule has 86 valence electrons. The number of nitrogens with two attached hydrogens (primary N) is 1. The zero-order valence-electron chi connectivity index (χ0n) is 9.60. The first-order valence-electron chi connectivity index (χ1n) is 5.39. The van der Waals surface area contributed by atoms with Crippen molar-refractivity contribution in [3.05, 3.63) is 59.7 Å². The Balaban J connectivity index is 2.36. The molecule has 0 saturated carbocycles. The molecule has 0 heterocycles. The predicted molar refractivity (Wildman–Crippen MR) is 69.4 cm³/mol. The molecule has 2 aromatic rings. The first-order valence-corrected chi connectivity index (χ1v) is 5.39. The number of anilines is 2. The first kappa shape index (κ1) is 11.2. The van der Waals surface area contributed by atoms with Crippen LogP contribution in [-0.2, 0) is 0 Å². The maximum atomic E-state index is 11.3. The minimum absolute atomic E-state index is 0.424. The van der Waals surface area contributed by atoms with Crippen LogP contribution in [0.2, 0.25) is 0 Å². The fourth-order valence-electron chi connectivity index (χ4n) is 1.65. The van der Waals surface area contributed by atoms with Crippen molar-refractivity contribution in [2.45, 2.75) is 6.92 Å². The van der Waals surface area contributed by atoms with Gasteiger partial charge in [0, 0.05) is 5.69 Å². The quantitative estimate of drug-likeness (QED) is 0.845. The van der Waals surface area contributed by atoms with Gasteiger partial charge in [0.1, 0.15) is 0 Å². The van der Waals surface area contributed by atoms with E-state index < -0.39 is 5.91 Å². The van der Waals surface area contributed by atoms with Crippen molar-refractivity contribution in [2.24, 2.45) is 5.73 Å². The summed E-state index contributed by atoms with van der Waals surface area (Å²) < 4.78 is 0. The highest BCUT2D eigenvalue weighted by atomic mass is 16.1. The number of primary amides is 1. The summed E-state index contributed by atoms with van der Waals surface area (Å²) in [5, 5.41) is 3.18. The normalized spacial score (nSPS) is 9.94. The molecule has 1 amide bonds. The number of aryl methyl sites for hydroxylation is 1. The van der Waals surface area contributed by atoms with Crippen LogP contribution in [0.3, 0.4) is 0 Å². The Morgan fingerprint density at radius 3 is 2.47 bits per heavy atom. The number of carbonyl (C=O) groups is 1. The van der Waals surface area contributed by atoms with E-state index in [0.29, 0.717) is 5.56 Å². The molecule has 0 saturated heterocycles. The molecule has 17 heavy (non-hydrogen) atoms. The summed E-state index contributed by atoms with van der Waals surface area (Å²) in [5.41, 5.74) is 8.54. The fourth-order valence-corrected chi connectivity index (χ4v) is 1.65. The Bertz CT molecular complexity index is 535. The molecule has 3 nitrogen and oxygen atoms in total. The minimum Gasteiger partial charge on any atom is -0.366 e. The molecule has 0 atom stereocenters. The molecule has 0 aromatic heterocycles. The van der Waals surface area contributed by atoms with E-state index in [1.54, 1.807) is 6.07 Å². The van der Waals surface area contributed by atoms with Gasteiger partial charge in [-0.2, -0.15) is 0 Å². The summed E-state index contributed by atoms with van der Waals surface area (Å²) in [4.78, 5) is 11.3. The van der Waals surface area contributed by atoms with Crippen LogP contribution >= 0.6 is 0 Å². The summed E-state index contributed by atoms with van der Waals surface area (Å²) in [7, 11) is 0. The van der Waals surface area contributed by atoms with Crippen LogP contribution in [0.15, 0.2) is 48.5 Å². The SMILES string of the molecule is Cc1ccc(Nc2ccccc2)c(C(N)=O)c1. The van der Waals surface area contributed by atoms with Crippen molar-refractivity contribution in [2.75, 3.05) is 5.32 Å². The van der Waals surface area contributed by atoms with E-state index in [1.807, 2.05) is 49.4 Å². The van der Waals surface area contributed by atoms with Crippen LogP contribution in [0.1, 0.15) is 15.9 Å². The number of benzene rings is 2. The summed E-state index contributed by atoms with van der Waals surface area (Å²) in [6.45, 7) is 1.93. The third kappa shape index (κ3) is 2.64. The highest BCUT2D eigenvalue weighted by Crippen LogP contribution is 2.21. The zero-order valence-corrected chi connectivity index (χ0v) is 9.60. The smallest absolute Gasteiger partial charge is 0.250 e. The highest BCUT2D eigenvalue weighted by molar-refractivity contribution is 5.99. The van der Waals surface area contributed by atoms with Gasteiger partial charge in [-0.25, -0.2) is 0 Å². The van der Waals surface area contributed by atoms with Gasteiger partial charge in [0.05, 0.1) is 11.3 Å². The Kier molecular flexibility index (Phi) is 3.10. The van der Waals surface area contributed by atoms with Crippen molar-refractivity contribution >= 4 is 17.3 Å². The molecule has 0 aliphatic heterocycles. The van der Waals surface area contributed by atoms with Crippen molar-refractivity contribution in [1.82, 2.24) is 0 Å². The average molecular weight is 226 g/mol. The van der Waals surface area contributed by atoms with E-state index in [4.69, 9.17) is 5.73 Å². The Labute approximate surface area is 100 Å². The summed E-state index contributed by atoms with van der Waals surface area (Å²) in [5.74, 6) is -0.424. The lowest BCUT2D eigenvalue weighted by molar-refractivity contribution is 0.100. The Hall–Kier alpha value is -2.29. The zero-order chi connectivity index (χ0) is 12.3. The molecule has 2 rings (SSSR count). The topological polar surface area (TPSA) is 55.1 Å². The number of nitrogens with one attached hydrogen (secondary N) is 1. The van der Waals surface area contributed by atoms with Crippen LogP contribution in [0, 0.1) is 6.92 Å². The Morgan fingerprint density at radius 2 is 1.82 bits per heavy atom. The predicted octanol–water partition coefficient (Wildman–Crippen LogP) is 2.84. The van der Waals surface area contributed by atoms with Gasteiger partial charge in [0.15, 0.2) is 0 Å². The van der Waals surface area contributed by atoms with Gasteiger partial charge in [-0.1, -0.05) is 29.8 Å². The average Bonchev–Trinajstić information content (AvgIpc) is 2.32. The van der Waals surface area contributed by atoms with Gasteiger partial charge in [0.2, 0.25) is 0 Å². The number of carbonyl (C=O) groups excluding carboxylic acids is 1. The first-order chi connectivity index (χ1) is 8.16. The van der Waals surface area contributed by atoms with E-state index in [9.17, 15) is 4.79 Å². The van der Waals surface area contributed by atoms with Crippen molar-refractivity contribution < 1.29 is 4.79 Å². The van der Waals surface area contributed by atoms with Crippen LogP contribution in [0.5, 0.6) is 0 Å². The lowest BCUT2D eigenvalue weighted by Gasteiger charge is -2.10. The van der Waals surface area contributed by atoms with Crippen molar-refractivity contribution in [3.63, 3.8) is 0 Å². The number of rotatable bonds is 3. The van der Waals surface area contributed by atoms with E-state index in [1.165, 1.54) is 0 Å². The molecule has 2 aromatic carbocycles. The second-order valence-corrected chi connectivity index (χ2v) is 3.90. The number of hydrogen-bond donors (Lipinski definition) is 2. The molecule has 3 heteroatoms. The van der Waals surface area contributed by atoms with Gasteiger partial charge in [-0.05, 0) is 31.2 Å². The molecule has 0 unspecified atom stereocenters. The standard InChI is InChI=1S/C14H14N2O/c1-10-7-8-13(12(9-10)14(15)17)16-11-5-3-2-4-6-11/h2-9,16H,1H3,(H2,15,17). The summed E-state index contributed by atoms with van der Waals surface area (Å²) in [6.07, 6.45) is 0. The van der Waals surface area contributed by atoms with E-state index in [0.717, 1.165) is 16.9 Å². The Morgan fingerprint density at radius 1 is 1.12 bits per heavy atom.